The first-order chi connectivity index (χ1) is 8.63. The zero-order chi connectivity index (χ0) is 14.8. The molecule has 1 aliphatic rings. The summed E-state index contributed by atoms with van der Waals surface area (Å²) in [6.45, 7) is 9.39. The van der Waals surface area contributed by atoms with Gasteiger partial charge in [-0.25, -0.2) is 4.79 Å². The van der Waals surface area contributed by atoms with Crippen molar-refractivity contribution < 1.29 is 14.3 Å². The van der Waals surface area contributed by atoms with Crippen LogP contribution >= 0.6 is 11.8 Å². The largest absolute Gasteiger partial charge is 0.444 e. The fraction of sp³-hybridized carbons (Fsp3) is 0.846. The highest BCUT2D eigenvalue weighted by Gasteiger charge is 2.38. The molecule has 0 aromatic heterocycles. The molecule has 1 aliphatic heterocycles. The van der Waals surface area contributed by atoms with Gasteiger partial charge in [-0.1, -0.05) is 0 Å². The lowest BCUT2D eigenvalue weighted by molar-refractivity contribution is -0.135. The fourth-order valence-electron chi connectivity index (χ4n) is 1.64. The number of ether oxygens (including phenoxy) is 1. The number of likely N-dealkylation sites (N-methyl/N-ethyl adjacent to an activating group) is 1. The van der Waals surface area contributed by atoms with Crippen LogP contribution in [0.1, 0.15) is 34.6 Å². The standard InChI is InChI=1S/C13H24N2O3S/c1-9(2)14(6)11(16)10-7-19-8-15(10)12(17)18-13(3,4)5/h9-10H,7-8H2,1-6H3/t10-/m0/s1. The van der Waals surface area contributed by atoms with Gasteiger partial charge in [0.15, 0.2) is 0 Å². The van der Waals surface area contributed by atoms with Gasteiger partial charge in [-0.15, -0.1) is 11.8 Å². The van der Waals surface area contributed by atoms with Crippen molar-refractivity contribution in [1.82, 2.24) is 9.80 Å². The van der Waals surface area contributed by atoms with Gasteiger partial charge in [-0.05, 0) is 34.6 Å². The molecule has 0 unspecified atom stereocenters. The van der Waals surface area contributed by atoms with Crippen LogP contribution in [0.15, 0.2) is 0 Å². The molecule has 0 bridgehead atoms. The van der Waals surface area contributed by atoms with Gasteiger partial charge in [-0.2, -0.15) is 0 Å². The molecular weight excluding hydrogens is 264 g/mol. The van der Waals surface area contributed by atoms with E-state index in [9.17, 15) is 9.59 Å². The molecule has 0 radical (unpaired) electrons. The van der Waals surface area contributed by atoms with Gasteiger partial charge in [0.2, 0.25) is 5.91 Å². The SMILES string of the molecule is CC(C)N(C)C(=O)[C@@H]1CSCN1C(=O)OC(C)(C)C. The smallest absolute Gasteiger partial charge is 0.411 e. The summed E-state index contributed by atoms with van der Waals surface area (Å²) in [6.07, 6.45) is -0.409. The van der Waals surface area contributed by atoms with E-state index in [1.807, 2.05) is 34.6 Å². The van der Waals surface area contributed by atoms with Gasteiger partial charge in [0.1, 0.15) is 11.6 Å². The molecule has 0 saturated carbocycles. The van der Waals surface area contributed by atoms with Crippen LogP contribution in [0.2, 0.25) is 0 Å². The topological polar surface area (TPSA) is 49.9 Å². The first kappa shape index (κ1) is 16.1. The maximum Gasteiger partial charge on any atom is 0.411 e. The highest BCUT2D eigenvalue weighted by Crippen LogP contribution is 2.25. The van der Waals surface area contributed by atoms with Crippen LogP contribution in [-0.2, 0) is 9.53 Å². The molecule has 0 aliphatic carbocycles. The van der Waals surface area contributed by atoms with E-state index in [2.05, 4.69) is 0 Å². The Morgan fingerprint density at radius 3 is 2.42 bits per heavy atom. The Kier molecular flexibility index (Phi) is 5.12. The van der Waals surface area contributed by atoms with Crippen molar-refractivity contribution in [3.8, 4) is 0 Å². The molecule has 1 fully saturated rings. The molecule has 1 rings (SSSR count). The van der Waals surface area contributed by atoms with Crippen LogP contribution in [0.25, 0.3) is 0 Å². The molecule has 5 nitrogen and oxygen atoms in total. The molecule has 6 heteroatoms. The minimum atomic E-state index is -0.540. The van der Waals surface area contributed by atoms with E-state index in [4.69, 9.17) is 4.74 Å². The molecular formula is C13H24N2O3S. The van der Waals surface area contributed by atoms with Gasteiger partial charge in [0.25, 0.3) is 0 Å². The van der Waals surface area contributed by atoms with Crippen molar-refractivity contribution in [1.29, 1.82) is 0 Å². The monoisotopic (exact) mass is 288 g/mol. The predicted molar refractivity (Wildman–Crippen MR) is 77.1 cm³/mol. The number of carbonyl (C=O) groups is 2. The highest BCUT2D eigenvalue weighted by molar-refractivity contribution is 7.99. The molecule has 19 heavy (non-hydrogen) atoms. The third-order valence-electron chi connectivity index (χ3n) is 2.92. The first-order valence-electron chi connectivity index (χ1n) is 6.47. The van der Waals surface area contributed by atoms with Gasteiger partial charge >= 0.3 is 6.09 Å². The lowest BCUT2D eigenvalue weighted by atomic mass is 10.2. The van der Waals surface area contributed by atoms with Gasteiger partial charge in [0, 0.05) is 18.8 Å². The summed E-state index contributed by atoms with van der Waals surface area (Å²) in [5.41, 5.74) is -0.540. The number of carbonyl (C=O) groups excluding carboxylic acids is 2. The summed E-state index contributed by atoms with van der Waals surface area (Å²) in [5, 5.41) is 0. The van der Waals surface area contributed by atoms with E-state index in [1.54, 1.807) is 23.7 Å². The van der Waals surface area contributed by atoms with Crippen molar-refractivity contribution in [3.05, 3.63) is 0 Å². The summed E-state index contributed by atoms with van der Waals surface area (Å²) in [4.78, 5) is 27.6. The third-order valence-corrected chi connectivity index (χ3v) is 3.93. The number of hydrogen-bond donors (Lipinski definition) is 0. The molecule has 1 heterocycles. The lowest BCUT2D eigenvalue weighted by Gasteiger charge is -2.31. The normalized spacial score (nSPS) is 19.7. The summed E-state index contributed by atoms with van der Waals surface area (Å²) < 4.78 is 5.35. The Labute approximate surface area is 119 Å². The molecule has 0 N–H and O–H groups in total. The zero-order valence-electron chi connectivity index (χ0n) is 12.6. The van der Waals surface area contributed by atoms with Gasteiger partial charge < -0.3 is 9.64 Å². The van der Waals surface area contributed by atoms with Crippen LogP contribution in [0.5, 0.6) is 0 Å². The lowest BCUT2D eigenvalue weighted by Crippen LogP contribution is -2.50. The number of amides is 2. The average Bonchev–Trinajstić information content (AvgIpc) is 2.73. The molecule has 0 aromatic rings. The highest BCUT2D eigenvalue weighted by atomic mass is 32.2. The maximum absolute atomic E-state index is 12.3. The number of rotatable bonds is 2. The molecule has 0 spiro atoms. The van der Waals surface area contributed by atoms with Crippen molar-refractivity contribution in [2.45, 2.75) is 52.3 Å². The van der Waals surface area contributed by atoms with E-state index >= 15 is 0 Å². The maximum atomic E-state index is 12.3. The fourth-order valence-corrected chi connectivity index (χ4v) is 2.77. The minimum Gasteiger partial charge on any atom is -0.444 e. The Morgan fingerprint density at radius 2 is 1.95 bits per heavy atom. The Hall–Kier alpha value is -0.910. The van der Waals surface area contributed by atoms with E-state index in [-0.39, 0.29) is 11.9 Å². The second kappa shape index (κ2) is 6.03. The third kappa shape index (κ3) is 4.30. The molecule has 1 saturated heterocycles. The zero-order valence-corrected chi connectivity index (χ0v) is 13.4. The average molecular weight is 288 g/mol. The van der Waals surface area contributed by atoms with E-state index in [0.717, 1.165) is 0 Å². The molecule has 1 atom stereocenters. The van der Waals surface area contributed by atoms with Crippen LogP contribution in [0.4, 0.5) is 4.79 Å². The van der Waals surface area contributed by atoms with E-state index in [1.165, 1.54) is 4.90 Å². The number of hydrogen-bond acceptors (Lipinski definition) is 4. The Balaban J connectivity index is 2.74. The second-order valence-corrected chi connectivity index (χ2v) is 7.01. The number of nitrogens with zero attached hydrogens (tertiary/aromatic N) is 2. The summed E-state index contributed by atoms with van der Waals surface area (Å²) in [5.74, 6) is 1.12. The van der Waals surface area contributed by atoms with Crippen LogP contribution in [-0.4, -0.2) is 58.2 Å². The number of thioether (sulfide) groups is 1. The molecule has 2 amide bonds. The Morgan fingerprint density at radius 1 is 1.37 bits per heavy atom. The summed E-state index contributed by atoms with van der Waals surface area (Å²) in [7, 11) is 1.77. The van der Waals surface area contributed by atoms with E-state index < -0.39 is 17.7 Å². The van der Waals surface area contributed by atoms with Crippen molar-refractivity contribution >= 4 is 23.8 Å². The van der Waals surface area contributed by atoms with E-state index in [0.29, 0.717) is 11.6 Å². The minimum absolute atomic E-state index is 0.0224. The second-order valence-electron chi connectivity index (χ2n) is 6.01. The first-order valence-corrected chi connectivity index (χ1v) is 7.63. The predicted octanol–water partition coefficient (Wildman–Crippen LogP) is 2.16. The van der Waals surface area contributed by atoms with Crippen molar-refractivity contribution in [3.63, 3.8) is 0 Å². The van der Waals surface area contributed by atoms with Gasteiger partial charge in [0.05, 0.1) is 5.88 Å². The quantitative estimate of drug-likeness (QED) is 0.781. The summed E-state index contributed by atoms with van der Waals surface area (Å²) >= 11 is 1.58. The van der Waals surface area contributed by atoms with Crippen LogP contribution in [0, 0.1) is 0 Å². The summed E-state index contributed by atoms with van der Waals surface area (Å²) in [6, 6.07) is -0.286. The Bertz CT molecular complexity index is 352. The van der Waals surface area contributed by atoms with Gasteiger partial charge in [-0.3, -0.25) is 9.69 Å². The van der Waals surface area contributed by atoms with Crippen molar-refractivity contribution in [2.75, 3.05) is 18.7 Å². The molecule has 0 aromatic carbocycles. The molecule has 110 valence electrons. The van der Waals surface area contributed by atoms with Crippen molar-refractivity contribution in [2.24, 2.45) is 0 Å². The van der Waals surface area contributed by atoms with Crippen LogP contribution in [0.3, 0.4) is 0 Å². The van der Waals surface area contributed by atoms with Crippen LogP contribution < -0.4 is 0 Å².